The molecule has 10 nitrogen and oxygen atoms in total. The van der Waals surface area contributed by atoms with Gasteiger partial charge in [-0.25, -0.2) is 23.9 Å². The van der Waals surface area contributed by atoms with Gasteiger partial charge >= 0.3 is 12.1 Å². The summed E-state index contributed by atoms with van der Waals surface area (Å²) < 4.78 is 28.0. The molecule has 2 aliphatic carbocycles. The molecule has 49 heavy (non-hydrogen) atoms. The molecule has 1 fully saturated rings. The van der Waals surface area contributed by atoms with Gasteiger partial charge in [-0.15, -0.1) is 0 Å². The largest absolute Gasteiger partial charge is 0.458 e. The zero-order valence-corrected chi connectivity index (χ0v) is 28.7. The number of nitrogens with zero attached hydrogens (tertiary/aromatic N) is 3. The van der Waals surface area contributed by atoms with Gasteiger partial charge in [0, 0.05) is 34.0 Å². The van der Waals surface area contributed by atoms with Crippen LogP contribution in [0.15, 0.2) is 46.3 Å². The van der Waals surface area contributed by atoms with Crippen LogP contribution in [-0.4, -0.2) is 43.1 Å². The van der Waals surface area contributed by atoms with Crippen molar-refractivity contribution in [3.63, 3.8) is 0 Å². The molecule has 1 saturated carbocycles. The Labute approximate surface area is 289 Å². The molecule has 0 spiro atoms. The zero-order chi connectivity index (χ0) is 34.0. The average Bonchev–Trinajstić information content (AvgIpc) is 3.48. The molecule has 13 heteroatoms. The lowest BCUT2D eigenvalue weighted by atomic mass is 9.81. The van der Waals surface area contributed by atoms with Crippen molar-refractivity contribution < 1.29 is 28.6 Å². The number of amides is 1. The van der Waals surface area contributed by atoms with E-state index in [4.69, 9.17) is 14.5 Å². The summed E-state index contributed by atoms with van der Waals surface area (Å²) >= 11 is 0. The maximum Gasteiger partial charge on any atom is 0.407 e. The van der Waals surface area contributed by atoms with Crippen LogP contribution in [0.3, 0.4) is 0 Å². The Morgan fingerprint density at radius 1 is 1.16 bits per heavy atom. The first-order chi connectivity index (χ1) is 23.7. The number of cyclic esters (lactones) is 1. The number of rotatable bonds is 6. The molecule has 2 N–H and O–H groups in total. The lowest BCUT2D eigenvalue weighted by Gasteiger charge is -2.31. The molecule has 1 aromatic carbocycles. The van der Waals surface area contributed by atoms with Crippen LogP contribution in [0.2, 0.25) is 0 Å². The van der Waals surface area contributed by atoms with Gasteiger partial charge in [-0.1, -0.05) is 23.8 Å². The number of ether oxygens (including phenoxy) is 2. The molecule has 254 valence electrons. The van der Waals surface area contributed by atoms with Crippen LogP contribution in [0.5, 0.6) is 0 Å². The van der Waals surface area contributed by atoms with E-state index in [0.717, 1.165) is 52.8 Å². The lowest BCUT2D eigenvalue weighted by Crippen LogP contribution is -2.44. The number of carbonyl (C=O) groups is 2. The van der Waals surface area contributed by atoms with Crippen LogP contribution in [0, 0.1) is 12.7 Å². The van der Waals surface area contributed by atoms with E-state index >= 15 is 4.39 Å². The van der Waals surface area contributed by atoms with Crippen molar-refractivity contribution in [2.75, 3.05) is 0 Å². The number of hydrogen-bond acceptors (Lipinski definition) is 10. The minimum atomic E-state index is -1.96. The zero-order valence-electron chi connectivity index (χ0n) is 27.1. The Hall–Kier alpha value is -3.94. The van der Waals surface area contributed by atoms with Crippen LogP contribution < -0.4 is 10.9 Å². The minimum Gasteiger partial charge on any atom is -0.458 e. The normalized spacial score (nSPS) is 23.8. The Kier molecular flexibility index (Phi) is 8.19. The van der Waals surface area contributed by atoms with E-state index in [2.05, 4.69) is 10.3 Å². The van der Waals surface area contributed by atoms with Gasteiger partial charge in [0.25, 0.3) is 5.56 Å². The molecule has 3 aromatic heterocycles. The van der Waals surface area contributed by atoms with E-state index in [1.165, 1.54) is 6.07 Å². The molecule has 5 heterocycles. The maximum atomic E-state index is 15.2. The first kappa shape index (κ1) is 32.3. The van der Waals surface area contributed by atoms with Crippen LogP contribution in [0.4, 0.5) is 9.18 Å². The Morgan fingerprint density at radius 2 is 1.98 bits per heavy atom. The van der Waals surface area contributed by atoms with E-state index in [1.807, 2.05) is 29.0 Å². The van der Waals surface area contributed by atoms with Crippen molar-refractivity contribution in [3.8, 4) is 11.4 Å². The highest BCUT2D eigenvalue weighted by Crippen LogP contribution is 2.46. The summed E-state index contributed by atoms with van der Waals surface area (Å²) in [5.41, 5.74) is 2.35. The number of fused-ring (bicyclic) bond motifs is 5. The van der Waals surface area contributed by atoms with Crippen molar-refractivity contribution in [2.45, 2.75) is 100.0 Å². The number of hydrogen-bond donors (Lipinski definition) is 2. The number of aliphatic hydroxyl groups is 1. The molecule has 1 amide bonds. The third-order valence-corrected chi connectivity index (χ3v) is 13.3. The second-order valence-electron chi connectivity index (χ2n) is 13.2. The van der Waals surface area contributed by atoms with Crippen LogP contribution in [0.25, 0.3) is 22.3 Å². The highest BCUT2D eigenvalue weighted by molar-refractivity contribution is 8.76. The van der Waals surface area contributed by atoms with Crippen LogP contribution in [-0.2, 0) is 39.4 Å². The summed E-state index contributed by atoms with van der Waals surface area (Å²) in [6.45, 7) is 3.35. The van der Waals surface area contributed by atoms with E-state index in [1.54, 1.807) is 41.5 Å². The number of carbonyl (C=O) groups excluding carboxylic acids is 2. The summed E-state index contributed by atoms with van der Waals surface area (Å²) in [5, 5.41) is 16.6. The molecular formula is C36H35FN4O6S2. The molecule has 0 unspecified atom stereocenters. The predicted octanol–water partition coefficient (Wildman–Crippen LogP) is 6.39. The molecule has 0 saturated heterocycles. The summed E-state index contributed by atoms with van der Waals surface area (Å²) in [6.07, 6.45) is 5.59. The van der Waals surface area contributed by atoms with Crippen molar-refractivity contribution in [1.29, 1.82) is 0 Å². The van der Waals surface area contributed by atoms with Gasteiger partial charge in [-0.05, 0) is 97.6 Å². The molecule has 2 aliphatic heterocycles. The average molecular weight is 703 g/mol. The molecule has 2 atom stereocenters. The van der Waals surface area contributed by atoms with E-state index in [-0.39, 0.29) is 48.2 Å². The highest BCUT2D eigenvalue weighted by atomic mass is 33.1. The maximum absolute atomic E-state index is 15.2. The van der Waals surface area contributed by atoms with Crippen molar-refractivity contribution in [1.82, 2.24) is 19.9 Å². The molecule has 4 aromatic rings. The predicted molar refractivity (Wildman–Crippen MR) is 184 cm³/mol. The number of halogens is 1. The summed E-state index contributed by atoms with van der Waals surface area (Å²) in [4.78, 5) is 49.2. The van der Waals surface area contributed by atoms with Gasteiger partial charge in [0.1, 0.15) is 23.6 Å². The fourth-order valence-corrected chi connectivity index (χ4v) is 10.3. The van der Waals surface area contributed by atoms with E-state index < -0.39 is 23.7 Å². The summed E-state index contributed by atoms with van der Waals surface area (Å²) in [5.74, 6) is -1.17. The third-order valence-electron chi connectivity index (χ3n) is 10.5. The number of esters is 1. The third kappa shape index (κ3) is 5.41. The number of aromatic nitrogens is 3. The van der Waals surface area contributed by atoms with Crippen molar-refractivity contribution in [2.24, 2.45) is 0 Å². The molecule has 4 aliphatic rings. The molecule has 0 radical (unpaired) electrons. The second kappa shape index (κ2) is 12.4. The van der Waals surface area contributed by atoms with Crippen LogP contribution in [0.1, 0.15) is 84.9 Å². The molecule has 0 bridgehead atoms. The van der Waals surface area contributed by atoms with Gasteiger partial charge in [0.05, 0.1) is 35.1 Å². The van der Waals surface area contributed by atoms with E-state index in [0.29, 0.717) is 40.6 Å². The SMILES string of the molecule is CC[C@@]1(O)C(=O)OCc2c1cc1n(c2=O)Cc2c-1nc1cc(F)c(C)c3c1c2[C@@H](NC(=O)OC1CCC(SSc2ccccn2)CC1)CC3. The van der Waals surface area contributed by atoms with Gasteiger partial charge in [0.15, 0.2) is 5.60 Å². The summed E-state index contributed by atoms with van der Waals surface area (Å²) in [7, 11) is 3.49. The highest BCUT2D eigenvalue weighted by Gasteiger charge is 2.46. The van der Waals surface area contributed by atoms with Crippen molar-refractivity contribution >= 4 is 44.6 Å². The number of nitrogens with one attached hydrogen (secondary N) is 1. The first-order valence-corrected chi connectivity index (χ1v) is 18.9. The first-order valence-electron chi connectivity index (χ1n) is 16.7. The monoisotopic (exact) mass is 702 g/mol. The van der Waals surface area contributed by atoms with Gasteiger partial charge in [-0.3, -0.25) is 4.79 Å². The molecule has 8 rings (SSSR count). The van der Waals surface area contributed by atoms with Gasteiger partial charge in [-0.2, -0.15) is 0 Å². The standard InChI is InChI=1S/C36H35FN4O6S2/c1-3-36(45)24-14-28-32-22(16-41(28)33(42)23(24)17-46-34(36)43)31-26(12-11-21-18(2)25(37)15-27(39-32)30(21)31)40-35(44)47-19-7-9-20(10-8-19)48-49-29-6-4-5-13-38-29/h4-6,13-15,19-20,26,45H,3,7-12,16-17H2,1-2H3,(H,40,44)/t19?,20?,26-,36-/m0/s1. The fraction of sp³-hybridized carbons (Fsp3) is 0.417. The number of alkyl carbamates (subject to hydrolysis) is 1. The Bertz CT molecular complexity index is 2080. The van der Waals surface area contributed by atoms with Crippen molar-refractivity contribution in [3.05, 3.63) is 86.1 Å². The van der Waals surface area contributed by atoms with E-state index in [9.17, 15) is 19.5 Å². The quantitative estimate of drug-likeness (QED) is 0.152. The van der Waals surface area contributed by atoms with Crippen LogP contribution >= 0.6 is 21.6 Å². The van der Waals surface area contributed by atoms with Gasteiger partial charge < -0.3 is 24.5 Å². The molecular weight excluding hydrogens is 668 g/mol. The Balaban J connectivity index is 1.08. The fourth-order valence-electron chi connectivity index (χ4n) is 7.79. The number of aryl methyl sites for hydroxylation is 1. The minimum absolute atomic E-state index is 0.0254. The topological polar surface area (TPSA) is 133 Å². The number of benzene rings is 1. The Morgan fingerprint density at radius 3 is 2.73 bits per heavy atom. The summed E-state index contributed by atoms with van der Waals surface area (Å²) in [6, 6.07) is 8.47. The smallest absolute Gasteiger partial charge is 0.407 e. The number of pyridine rings is 3. The lowest BCUT2D eigenvalue weighted by molar-refractivity contribution is -0.172. The second-order valence-corrected chi connectivity index (χ2v) is 15.7. The van der Waals surface area contributed by atoms with Gasteiger partial charge in [0.2, 0.25) is 0 Å².